The number of alkyl halides is 3. The van der Waals surface area contributed by atoms with Gasteiger partial charge in [-0.1, -0.05) is 36.4 Å². The highest BCUT2D eigenvalue weighted by atomic mass is 19.4. The summed E-state index contributed by atoms with van der Waals surface area (Å²) in [5, 5.41) is 0. The minimum atomic E-state index is -4.35. The molecule has 0 bridgehead atoms. The van der Waals surface area contributed by atoms with Crippen molar-refractivity contribution in [2.75, 3.05) is 0 Å². The third kappa shape index (κ3) is 21.5. The number of hydrogen-bond acceptors (Lipinski definition) is 9. The second-order valence-corrected chi connectivity index (χ2v) is 16.4. The van der Waals surface area contributed by atoms with E-state index >= 15 is 0 Å². The molecule has 0 amide bonds. The van der Waals surface area contributed by atoms with E-state index in [1.165, 1.54) is 17.1 Å². The van der Waals surface area contributed by atoms with Gasteiger partial charge in [-0.25, -0.2) is 38.9 Å². The highest BCUT2D eigenvalue weighted by Crippen LogP contribution is 2.25. The van der Waals surface area contributed by atoms with Crippen LogP contribution in [-0.4, -0.2) is 83.9 Å². The van der Waals surface area contributed by atoms with E-state index in [-0.39, 0.29) is 28.4 Å². The van der Waals surface area contributed by atoms with Gasteiger partial charge < -0.3 is 59.4 Å². The molecule has 0 unspecified atom stereocenters. The molecule has 10 aromatic rings. The van der Waals surface area contributed by atoms with Crippen molar-refractivity contribution in [3.8, 4) is 11.5 Å². The number of H-pyrrole nitrogens is 11. The van der Waals surface area contributed by atoms with Gasteiger partial charge in [-0.05, 0) is 86.9 Å². The number of aryl methyl sites for hydroxylation is 11. The Hall–Kier alpha value is -9.16. The van der Waals surface area contributed by atoms with Gasteiger partial charge in [-0.3, -0.25) is 9.55 Å². The molecule has 0 aliphatic heterocycles. The van der Waals surface area contributed by atoms with Crippen molar-refractivity contribution in [3.63, 3.8) is 0 Å². The van der Waals surface area contributed by atoms with Crippen LogP contribution in [0.15, 0.2) is 116 Å². The number of halogens is 3. The van der Waals surface area contributed by atoms with E-state index in [9.17, 15) is 37.1 Å². The first kappa shape index (κ1) is 59.2. The number of aromatic amines is 11. The monoisotopic (exact) mass is 1030 g/mol. The number of rotatable bonds is 3. The van der Waals surface area contributed by atoms with E-state index in [0.717, 1.165) is 81.2 Å². The van der Waals surface area contributed by atoms with Gasteiger partial charge >= 0.3 is 34.6 Å². The summed E-state index contributed by atoms with van der Waals surface area (Å²) in [5.74, 6) is 0.871. The minimum Gasteiger partial charge on any atom is -0.346 e. The van der Waals surface area contributed by atoms with Crippen LogP contribution in [0.2, 0.25) is 0 Å². The third-order valence-corrected chi connectivity index (χ3v) is 9.80. The summed E-state index contributed by atoms with van der Waals surface area (Å²) >= 11 is 0. The Balaban J connectivity index is 0.000000226. The van der Waals surface area contributed by atoms with Gasteiger partial charge in [0.25, 0.3) is 0 Å². The van der Waals surface area contributed by atoms with Gasteiger partial charge in [0.1, 0.15) is 11.5 Å². The molecule has 11 N–H and O–H groups in total. The number of imidazole rings is 8. The molecule has 0 saturated heterocycles. The molecule has 9 heterocycles. The standard InChI is InChI=1S/C11H12N2O.C9H9N3.C5H5F3N2.3C5H8N2O.C5H8N2.C4H6N2O/c1-8-10(13-11(14)12-8)7-9-5-3-2-4-6-9;1-7-6-11-9(12-7)8-4-2-3-5-10-8;1-3-2-9-4(10-3)5(6,7)8;1-4-3-7(2)5(8)6-4;1-4-3-6-5(8)7(4)2;1-3-4(2)7-5(8)6-3;1-4-3-6-5(2)7-4;1-3-2-5-4(7)6-3/h2-6H,7H2,1H3,(H2,12,13,14);2-6H,1H3,(H,11,12);2H,1H3,(H,9,10);2*3H,1-2H3,(H,6,8);1-2H3,(H2,6,7,8);3H,1-2H3,(H,6,7);2H,1H3,(H2,5,6,7). The molecule has 10 rings (SSSR count). The summed E-state index contributed by atoms with van der Waals surface area (Å²) in [6.07, 6.45) is 7.99. The summed E-state index contributed by atoms with van der Waals surface area (Å²) in [7, 11) is 3.44. The van der Waals surface area contributed by atoms with Crippen LogP contribution < -0.4 is 28.4 Å². The quantitative estimate of drug-likeness (QED) is 0.0916. The molecule has 396 valence electrons. The number of aromatic nitrogens is 17. The Kier molecular flexibility index (Phi) is 22.9. The first-order valence-corrected chi connectivity index (χ1v) is 22.6. The maximum atomic E-state index is 11.7. The number of benzene rings is 1. The lowest BCUT2D eigenvalue weighted by Gasteiger charge is -1.99. The van der Waals surface area contributed by atoms with Gasteiger partial charge in [-0.2, -0.15) is 13.2 Å². The molecule has 0 radical (unpaired) electrons. The van der Waals surface area contributed by atoms with Crippen LogP contribution in [-0.2, 0) is 26.7 Å². The van der Waals surface area contributed by atoms with Gasteiger partial charge in [0.15, 0.2) is 5.82 Å². The third-order valence-electron chi connectivity index (χ3n) is 9.80. The summed E-state index contributed by atoms with van der Waals surface area (Å²) in [4.78, 5) is 97.1. The van der Waals surface area contributed by atoms with Gasteiger partial charge in [0.2, 0.25) is 5.82 Å². The van der Waals surface area contributed by atoms with E-state index in [1.807, 2.05) is 117 Å². The lowest BCUT2D eigenvalue weighted by atomic mass is 10.1. The van der Waals surface area contributed by atoms with Crippen LogP contribution >= 0.6 is 0 Å². The molecule has 0 aliphatic carbocycles. The predicted molar refractivity (Wildman–Crippen MR) is 277 cm³/mol. The first-order valence-electron chi connectivity index (χ1n) is 22.6. The van der Waals surface area contributed by atoms with Crippen molar-refractivity contribution in [1.82, 2.24) is 83.9 Å². The molecule has 9 aromatic heterocycles. The molecule has 0 aliphatic rings. The summed E-state index contributed by atoms with van der Waals surface area (Å²) in [6, 6.07) is 15.8. The average Bonchev–Trinajstić information content (AvgIpc) is 4.26. The predicted octanol–water partition coefficient (Wildman–Crippen LogP) is 6.52. The largest absolute Gasteiger partial charge is 0.449 e. The summed E-state index contributed by atoms with van der Waals surface area (Å²) < 4.78 is 38.2. The van der Waals surface area contributed by atoms with Gasteiger partial charge in [0.05, 0.1) is 0 Å². The Morgan fingerprint density at radius 2 is 1.09 bits per heavy atom. The number of nitrogens with zero attached hydrogens (tertiary/aromatic N) is 6. The molecule has 25 heteroatoms. The average molecular weight is 1030 g/mol. The molecule has 74 heavy (non-hydrogen) atoms. The lowest BCUT2D eigenvalue weighted by Crippen LogP contribution is -2.12. The van der Waals surface area contributed by atoms with Crippen LogP contribution in [0.1, 0.15) is 74.2 Å². The fourth-order valence-electron chi connectivity index (χ4n) is 5.77. The highest BCUT2D eigenvalue weighted by molar-refractivity contribution is 5.48. The molecule has 1 aromatic carbocycles. The Bertz CT molecular complexity index is 3430. The fourth-order valence-corrected chi connectivity index (χ4v) is 5.77. The summed E-state index contributed by atoms with van der Waals surface area (Å²) in [6.45, 7) is 18.6. The van der Waals surface area contributed by atoms with Crippen LogP contribution in [0.25, 0.3) is 11.5 Å². The lowest BCUT2D eigenvalue weighted by molar-refractivity contribution is -0.144. The number of nitrogens with one attached hydrogen (secondary N) is 11. The normalized spacial score (nSPS) is 10.1. The van der Waals surface area contributed by atoms with Crippen LogP contribution in [0, 0.1) is 69.2 Å². The van der Waals surface area contributed by atoms with Crippen molar-refractivity contribution >= 4 is 0 Å². The zero-order valence-electron chi connectivity index (χ0n) is 43.2. The van der Waals surface area contributed by atoms with Crippen molar-refractivity contribution in [2.24, 2.45) is 14.1 Å². The molecule has 0 fully saturated rings. The van der Waals surface area contributed by atoms with E-state index < -0.39 is 12.0 Å². The number of pyridine rings is 1. The van der Waals surface area contributed by atoms with Gasteiger partial charge in [0, 0.05) is 121 Å². The molecule has 0 spiro atoms. The van der Waals surface area contributed by atoms with E-state index in [2.05, 4.69) is 74.8 Å². The highest BCUT2D eigenvalue weighted by Gasteiger charge is 2.33. The molecule has 22 nitrogen and oxygen atoms in total. The molecular weight excluding hydrogens is 964 g/mol. The zero-order chi connectivity index (χ0) is 55.1. The molecule has 0 atom stereocenters. The second kappa shape index (κ2) is 28.6. The Labute approximate surface area is 421 Å². The SMILES string of the molecule is Cc1[nH]c(=O)[nH]c1C.Cc1[nH]c(=O)[nH]c1Cc1ccccc1.Cc1c[nH]c(=O)[nH]1.Cc1c[nH]c(=O)n1C.Cc1cn(C)c(=O)[nH]1.Cc1cnc(-c2ccccn2)[nH]1.Cc1cnc(C(F)(F)F)[nH]1.Cc1cnc(C)[nH]1. The van der Waals surface area contributed by atoms with Crippen LogP contribution in [0.3, 0.4) is 0 Å². The van der Waals surface area contributed by atoms with E-state index in [1.54, 1.807) is 49.6 Å². The maximum Gasteiger partial charge on any atom is 0.449 e. The topological polar surface area (TPSA) is 320 Å². The molecule has 0 saturated carbocycles. The van der Waals surface area contributed by atoms with Crippen LogP contribution in [0.4, 0.5) is 13.2 Å². The fraction of sp³-hybridized carbons (Fsp3) is 0.286. The zero-order valence-corrected chi connectivity index (χ0v) is 43.2. The first-order chi connectivity index (χ1) is 34.8. The smallest absolute Gasteiger partial charge is 0.346 e. The maximum absolute atomic E-state index is 11.7. The summed E-state index contributed by atoms with van der Waals surface area (Å²) in [5.41, 5.74) is 10.6. The van der Waals surface area contributed by atoms with Crippen LogP contribution in [0.5, 0.6) is 0 Å². The number of hydrogen-bond donors (Lipinski definition) is 11. The second-order valence-electron chi connectivity index (χ2n) is 16.4. The van der Waals surface area contributed by atoms with E-state index in [0.29, 0.717) is 5.69 Å². The van der Waals surface area contributed by atoms with Crippen molar-refractivity contribution in [1.29, 1.82) is 0 Å². The minimum absolute atomic E-state index is 0.0532. The Morgan fingerprint density at radius 1 is 0.514 bits per heavy atom. The Morgan fingerprint density at radius 3 is 1.39 bits per heavy atom. The van der Waals surface area contributed by atoms with Crippen molar-refractivity contribution in [2.45, 2.75) is 81.8 Å². The van der Waals surface area contributed by atoms with Crippen molar-refractivity contribution in [3.05, 3.63) is 218 Å². The molecular formula is C49H64F3N17O5. The van der Waals surface area contributed by atoms with Crippen molar-refractivity contribution < 1.29 is 13.2 Å². The van der Waals surface area contributed by atoms with E-state index in [4.69, 9.17) is 0 Å². The van der Waals surface area contributed by atoms with Gasteiger partial charge in [-0.15, -0.1) is 0 Å².